The van der Waals surface area contributed by atoms with Crippen molar-refractivity contribution >= 4 is 40.2 Å². The van der Waals surface area contributed by atoms with Crippen LogP contribution in [0.1, 0.15) is 37.0 Å². The lowest BCUT2D eigenvalue weighted by atomic mass is 10.1. The van der Waals surface area contributed by atoms with Crippen LogP contribution in [-0.2, 0) is 6.54 Å². The molecule has 0 aliphatic carbocycles. The van der Waals surface area contributed by atoms with E-state index in [-0.39, 0.29) is 17.8 Å². The summed E-state index contributed by atoms with van der Waals surface area (Å²) in [6, 6.07) is 5.88. The third kappa shape index (κ3) is 5.48. The number of carbonyl (C=O) groups is 1. The molecule has 2 N–H and O–H groups in total. The fraction of sp³-hybridized carbons (Fsp3) is 0.400. The highest BCUT2D eigenvalue weighted by Crippen LogP contribution is 2.25. The number of nitro groups is 1. The molecule has 11 heteroatoms. The molecule has 1 amide bonds. The van der Waals surface area contributed by atoms with Gasteiger partial charge in [0.1, 0.15) is 11.4 Å². The van der Waals surface area contributed by atoms with Gasteiger partial charge in [0, 0.05) is 24.9 Å². The summed E-state index contributed by atoms with van der Waals surface area (Å²) >= 11 is 1.59. The quantitative estimate of drug-likeness (QED) is 0.199. The molecule has 0 saturated carbocycles. The SMILES string of the molecule is CCCNc1nc(SCCC)nc2c1cnn2CCNC(=O)c1ccccc1[N+](=O)[O-]. The van der Waals surface area contributed by atoms with Crippen LogP contribution in [0.2, 0.25) is 0 Å². The fourth-order valence-electron chi connectivity index (χ4n) is 2.93. The number of amides is 1. The Morgan fingerprint density at radius 2 is 2.00 bits per heavy atom. The number of nitrogens with one attached hydrogen (secondary N) is 2. The molecule has 0 atom stereocenters. The molecule has 10 nitrogen and oxygen atoms in total. The molecular formula is C20H25N7O3S. The third-order valence-corrected chi connectivity index (χ3v) is 5.46. The Morgan fingerprint density at radius 3 is 2.74 bits per heavy atom. The van der Waals surface area contributed by atoms with E-state index >= 15 is 0 Å². The molecule has 2 aromatic heterocycles. The number of anilines is 1. The number of hydrogen-bond acceptors (Lipinski definition) is 8. The molecule has 3 aromatic rings. The van der Waals surface area contributed by atoms with Crippen LogP contribution in [-0.4, -0.2) is 49.4 Å². The average Bonchev–Trinajstić information content (AvgIpc) is 3.19. The zero-order valence-electron chi connectivity index (χ0n) is 17.5. The van der Waals surface area contributed by atoms with Gasteiger partial charge in [-0.05, 0) is 18.9 Å². The first-order valence-corrected chi connectivity index (χ1v) is 11.2. The summed E-state index contributed by atoms with van der Waals surface area (Å²) in [6.45, 7) is 5.60. The number of benzene rings is 1. The van der Waals surface area contributed by atoms with Gasteiger partial charge in [-0.1, -0.05) is 37.7 Å². The Hall–Kier alpha value is -3.21. The van der Waals surface area contributed by atoms with Crippen molar-refractivity contribution in [1.29, 1.82) is 0 Å². The second-order valence-electron chi connectivity index (χ2n) is 6.77. The summed E-state index contributed by atoms with van der Waals surface area (Å²) in [4.78, 5) is 32.3. The van der Waals surface area contributed by atoms with Crippen LogP contribution in [0.25, 0.3) is 11.0 Å². The first-order chi connectivity index (χ1) is 15.0. The van der Waals surface area contributed by atoms with Gasteiger partial charge in [0.05, 0.1) is 23.1 Å². The van der Waals surface area contributed by atoms with Gasteiger partial charge in [-0.25, -0.2) is 14.6 Å². The van der Waals surface area contributed by atoms with E-state index < -0.39 is 10.8 Å². The first kappa shape index (κ1) is 22.5. The molecule has 0 bridgehead atoms. The molecular weight excluding hydrogens is 418 g/mol. The molecule has 0 radical (unpaired) electrons. The van der Waals surface area contributed by atoms with Crippen LogP contribution in [0.15, 0.2) is 35.6 Å². The fourth-order valence-corrected chi connectivity index (χ4v) is 3.62. The predicted octanol–water partition coefficient (Wildman–Crippen LogP) is 3.49. The molecule has 164 valence electrons. The molecule has 0 saturated heterocycles. The monoisotopic (exact) mass is 443 g/mol. The normalized spacial score (nSPS) is 10.9. The van der Waals surface area contributed by atoms with Crippen molar-refractivity contribution in [2.45, 2.75) is 38.4 Å². The van der Waals surface area contributed by atoms with Crippen molar-refractivity contribution in [2.75, 3.05) is 24.2 Å². The number of thioether (sulfide) groups is 1. The molecule has 0 unspecified atom stereocenters. The molecule has 3 rings (SSSR count). The van der Waals surface area contributed by atoms with Crippen LogP contribution >= 0.6 is 11.8 Å². The van der Waals surface area contributed by atoms with Crippen molar-refractivity contribution in [3.05, 3.63) is 46.1 Å². The van der Waals surface area contributed by atoms with E-state index in [4.69, 9.17) is 0 Å². The van der Waals surface area contributed by atoms with E-state index in [0.29, 0.717) is 17.3 Å². The highest BCUT2D eigenvalue weighted by atomic mass is 32.2. The van der Waals surface area contributed by atoms with Crippen LogP contribution in [0.5, 0.6) is 0 Å². The number of nitro benzene ring substituents is 1. The summed E-state index contributed by atoms with van der Waals surface area (Å²) < 4.78 is 1.71. The Morgan fingerprint density at radius 1 is 1.19 bits per heavy atom. The van der Waals surface area contributed by atoms with E-state index in [1.54, 1.807) is 28.7 Å². The number of nitrogens with zero attached hydrogens (tertiary/aromatic N) is 5. The average molecular weight is 444 g/mol. The van der Waals surface area contributed by atoms with E-state index in [1.807, 2.05) is 0 Å². The number of hydrogen-bond donors (Lipinski definition) is 2. The molecule has 2 heterocycles. The summed E-state index contributed by atoms with van der Waals surface area (Å²) in [5.74, 6) is 1.17. The first-order valence-electron chi connectivity index (χ1n) is 10.2. The molecule has 0 spiro atoms. The van der Waals surface area contributed by atoms with Crippen molar-refractivity contribution < 1.29 is 9.72 Å². The lowest BCUT2D eigenvalue weighted by molar-refractivity contribution is -0.385. The van der Waals surface area contributed by atoms with Gasteiger partial charge in [0.25, 0.3) is 11.6 Å². The van der Waals surface area contributed by atoms with Crippen molar-refractivity contribution in [2.24, 2.45) is 0 Å². The van der Waals surface area contributed by atoms with Crippen molar-refractivity contribution in [3.63, 3.8) is 0 Å². The lowest BCUT2D eigenvalue weighted by Gasteiger charge is -2.09. The number of para-hydroxylation sites is 1. The summed E-state index contributed by atoms with van der Waals surface area (Å²) in [5.41, 5.74) is 0.498. The van der Waals surface area contributed by atoms with Gasteiger partial charge in [-0.3, -0.25) is 14.9 Å². The zero-order chi connectivity index (χ0) is 22.2. The van der Waals surface area contributed by atoms with Crippen LogP contribution in [0.4, 0.5) is 11.5 Å². The maximum Gasteiger partial charge on any atom is 0.282 e. The molecule has 0 aliphatic rings. The standard InChI is InChI=1S/C20H25N7O3S/c1-3-9-21-17-15-13-23-26(18(15)25-20(24-17)31-12-4-2)11-10-22-19(28)14-7-5-6-8-16(14)27(29)30/h5-8,13H,3-4,9-12H2,1-2H3,(H,22,28)(H,21,24,25). The summed E-state index contributed by atoms with van der Waals surface area (Å²) in [6.07, 6.45) is 3.70. The Labute approximate surface area is 184 Å². The maximum absolute atomic E-state index is 12.4. The van der Waals surface area contributed by atoms with E-state index in [1.165, 1.54) is 18.2 Å². The lowest BCUT2D eigenvalue weighted by Crippen LogP contribution is -2.28. The third-order valence-electron chi connectivity index (χ3n) is 4.41. The second kappa shape index (κ2) is 10.7. The van der Waals surface area contributed by atoms with Crippen LogP contribution in [0, 0.1) is 10.1 Å². The predicted molar refractivity (Wildman–Crippen MR) is 121 cm³/mol. The highest BCUT2D eigenvalue weighted by Gasteiger charge is 2.19. The zero-order valence-corrected chi connectivity index (χ0v) is 18.3. The van der Waals surface area contributed by atoms with Gasteiger partial charge < -0.3 is 10.6 Å². The molecule has 0 aliphatic heterocycles. The van der Waals surface area contributed by atoms with E-state index in [9.17, 15) is 14.9 Å². The van der Waals surface area contributed by atoms with Gasteiger partial charge in [0.2, 0.25) is 0 Å². The number of fused-ring (bicyclic) bond motifs is 1. The van der Waals surface area contributed by atoms with Crippen LogP contribution in [0.3, 0.4) is 0 Å². The molecule has 31 heavy (non-hydrogen) atoms. The minimum Gasteiger partial charge on any atom is -0.369 e. The maximum atomic E-state index is 12.4. The number of aromatic nitrogens is 4. The minimum absolute atomic E-state index is 0.0319. The van der Waals surface area contributed by atoms with E-state index in [0.717, 1.165) is 36.3 Å². The van der Waals surface area contributed by atoms with Crippen molar-refractivity contribution in [1.82, 2.24) is 25.1 Å². The van der Waals surface area contributed by atoms with Gasteiger partial charge >= 0.3 is 0 Å². The Bertz CT molecular complexity index is 1070. The molecule has 1 aromatic carbocycles. The van der Waals surface area contributed by atoms with Gasteiger partial charge in [-0.2, -0.15) is 5.10 Å². The van der Waals surface area contributed by atoms with E-state index in [2.05, 4.69) is 39.5 Å². The van der Waals surface area contributed by atoms with Gasteiger partial charge in [-0.15, -0.1) is 0 Å². The molecule has 0 fully saturated rings. The number of rotatable bonds is 11. The Balaban J connectivity index is 1.75. The summed E-state index contributed by atoms with van der Waals surface area (Å²) in [7, 11) is 0. The largest absolute Gasteiger partial charge is 0.369 e. The van der Waals surface area contributed by atoms with Gasteiger partial charge in [0.15, 0.2) is 10.8 Å². The van der Waals surface area contributed by atoms with Crippen molar-refractivity contribution in [3.8, 4) is 0 Å². The second-order valence-corrected chi connectivity index (χ2v) is 7.83. The number of carbonyl (C=O) groups excluding carboxylic acids is 1. The highest BCUT2D eigenvalue weighted by molar-refractivity contribution is 7.99. The topological polar surface area (TPSA) is 128 Å². The summed E-state index contributed by atoms with van der Waals surface area (Å²) in [5, 5.41) is 23.1. The smallest absolute Gasteiger partial charge is 0.282 e. The van der Waals surface area contributed by atoms with Crippen LogP contribution < -0.4 is 10.6 Å². The minimum atomic E-state index is -0.562. The Kier molecular flexibility index (Phi) is 7.76.